The van der Waals surface area contributed by atoms with E-state index >= 15 is 0 Å². The number of fused-ring (bicyclic) bond motifs is 1. The van der Waals surface area contributed by atoms with E-state index in [-0.39, 0.29) is 16.5 Å². The van der Waals surface area contributed by atoms with Crippen molar-refractivity contribution in [3.63, 3.8) is 0 Å². The van der Waals surface area contributed by atoms with Crippen LogP contribution in [0.2, 0.25) is 0 Å². The Labute approximate surface area is 185 Å². The molecule has 0 radical (unpaired) electrons. The third-order valence-corrected chi connectivity index (χ3v) is 5.88. The van der Waals surface area contributed by atoms with Gasteiger partial charge in [0.1, 0.15) is 11.4 Å². The summed E-state index contributed by atoms with van der Waals surface area (Å²) < 4.78 is 5.90. The molecule has 3 aromatic rings. The van der Waals surface area contributed by atoms with Crippen LogP contribution in [-0.2, 0) is 0 Å². The number of benzene rings is 3. The van der Waals surface area contributed by atoms with Crippen molar-refractivity contribution < 1.29 is 14.5 Å². The Balaban J connectivity index is 1.36. The number of piperazine rings is 1. The van der Waals surface area contributed by atoms with E-state index in [4.69, 9.17) is 4.74 Å². The number of carbonyl (C=O) groups excluding carboxylic acids is 1. The zero-order chi connectivity index (χ0) is 22.1. The van der Waals surface area contributed by atoms with Gasteiger partial charge in [-0.3, -0.25) is 14.9 Å². The summed E-state index contributed by atoms with van der Waals surface area (Å²) in [6.45, 7) is 2.92. The molecule has 1 saturated heterocycles. The zero-order valence-corrected chi connectivity index (χ0v) is 17.3. The SMILES string of the molecule is O=C1NC(c2ccc(N3CCN(c4ccccc4)CC3)c([N+](=O)[O-])c2)Oc2ccccc21. The molecule has 8 heteroatoms. The fraction of sp³-hybridized carbons (Fsp3) is 0.208. The second-order valence-electron chi connectivity index (χ2n) is 7.78. The van der Waals surface area contributed by atoms with Crippen LogP contribution in [0.1, 0.15) is 22.1 Å². The van der Waals surface area contributed by atoms with Crippen LogP contribution in [0.15, 0.2) is 72.8 Å². The Morgan fingerprint density at radius 1 is 0.906 bits per heavy atom. The third-order valence-electron chi connectivity index (χ3n) is 5.88. The molecule has 162 valence electrons. The monoisotopic (exact) mass is 430 g/mol. The van der Waals surface area contributed by atoms with Gasteiger partial charge in [0.25, 0.3) is 11.6 Å². The van der Waals surface area contributed by atoms with Crippen molar-refractivity contribution in [3.05, 3.63) is 94.0 Å². The van der Waals surface area contributed by atoms with Gasteiger partial charge in [-0.25, -0.2) is 0 Å². The fourth-order valence-electron chi connectivity index (χ4n) is 4.22. The average molecular weight is 430 g/mol. The highest BCUT2D eigenvalue weighted by molar-refractivity contribution is 5.98. The fourth-order valence-corrected chi connectivity index (χ4v) is 4.22. The van der Waals surface area contributed by atoms with Crippen LogP contribution >= 0.6 is 0 Å². The lowest BCUT2D eigenvalue weighted by atomic mass is 10.1. The van der Waals surface area contributed by atoms with Crippen molar-refractivity contribution >= 4 is 23.0 Å². The number of nitrogens with zero attached hydrogens (tertiary/aromatic N) is 3. The van der Waals surface area contributed by atoms with E-state index in [2.05, 4.69) is 22.3 Å². The molecule has 1 unspecified atom stereocenters. The smallest absolute Gasteiger partial charge is 0.293 e. The molecule has 0 aromatic heterocycles. The number of anilines is 2. The molecular weight excluding hydrogens is 408 g/mol. The first-order chi connectivity index (χ1) is 15.6. The molecule has 8 nitrogen and oxygen atoms in total. The summed E-state index contributed by atoms with van der Waals surface area (Å²) in [5.74, 6) is 0.200. The van der Waals surface area contributed by atoms with E-state index in [9.17, 15) is 14.9 Å². The van der Waals surface area contributed by atoms with Crippen molar-refractivity contribution in [3.8, 4) is 5.75 Å². The molecule has 2 aliphatic heterocycles. The second-order valence-corrected chi connectivity index (χ2v) is 7.78. The Kier molecular flexibility index (Phi) is 5.10. The highest BCUT2D eigenvalue weighted by atomic mass is 16.6. The first-order valence-electron chi connectivity index (χ1n) is 10.5. The molecule has 1 N–H and O–H groups in total. The van der Waals surface area contributed by atoms with Gasteiger partial charge in [0, 0.05) is 43.5 Å². The Morgan fingerprint density at radius 2 is 1.59 bits per heavy atom. The van der Waals surface area contributed by atoms with Crippen molar-refractivity contribution in [1.82, 2.24) is 5.32 Å². The lowest BCUT2D eigenvalue weighted by molar-refractivity contribution is -0.384. The first-order valence-corrected chi connectivity index (χ1v) is 10.5. The van der Waals surface area contributed by atoms with Crippen LogP contribution in [0.5, 0.6) is 5.75 Å². The number of nitrogens with one attached hydrogen (secondary N) is 1. The topological polar surface area (TPSA) is 88.0 Å². The molecule has 3 aromatic carbocycles. The number of hydrogen-bond donors (Lipinski definition) is 1. The normalized spacial score (nSPS) is 17.9. The summed E-state index contributed by atoms with van der Waals surface area (Å²) in [7, 11) is 0. The molecule has 0 aliphatic carbocycles. The highest BCUT2D eigenvalue weighted by Gasteiger charge is 2.30. The van der Waals surface area contributed by atoms with Gasteiger partial charge in [-0.05, 0) is 30.3 Å². The number of nitro groups is 1. The zero-order valence-electron chi connectivity index (χ0n) is 17.3. The standard InChI is InChI=1S/C24H22N4O4/c29-23-19-8-4-5-9-22(19)32-24(25-23)17-10-11-20(21(16-17)28(30)31)27-14-12-26(13-15-27)18-6-2-1-3-7-18/h1-11,16,24H,12-15H2,(H,25,29). The Morgan fingerprint density at radius 3 is 2.34 bits per heavy atom. The summed E-state index contributed by atoms with van der Waals surface area (Å²) in [4.78, 5) is 28.2. The van der Waals surface area contributed by atoms with Crippen molar-refractivity contribution in [2.24, 2.45) is 0 Å². The van der Waals surface area contributed by atoms with Crippen LogP contribution in [-0.4, -0.2) is 37.0 Å². The minimum Gasteiger partial charge on any atom is -0.466 e. The van der Waals surface area contributed by atoms with Gasteiger partial charge in [0.15, 0.2) is 6.23 Å². The molecule has 0 saturated carbocycles. The van der Waals surface area contributed by atoms with E-state index in [0.29, 0.717) is 35.7 Å². The van der Waals surface area contributed by atoms with Gasteiger partial charge in [0.2, 0.25) is 0 Å². The highest BCUT2D eigenvalue weighted by Crippen LogP contribution is 2.35. The summed E-state index contributed by atoms with van der Waals surface area (Å²) in [6, 6.07) is 22.1. The van der Waals surface area contributed by atoms with Gasteiger partial charge in [-0.2, -0.15) is 0 Å². The van der Waals surface area contributed by atoms with E-state index in [1.807, 2.05) is 23.1 Å². The first kappa shape index (κ1) is 19.9. The maximum Gasteiger partial charge on any atom is 0.293 e. The minimum atomic E-state index is -0.778. The molecule has 1 amide bonds. The maximum absolute atomic E-state index is 12.4. The average Bonchev–Trinajstić information content (AvgIpc) is 2.84. The maximum atomic E-state index is 12.4. The minimum absolute atomic E-state index is 0.00682. The summed E-state index contributed by atoms with van der Waals surface area (Å²) in [5.41, 5.74) is 2.72. The van der Waals surface area contributed by atoms with Gasteiger partial charge in [-0.15, -0.1) is 0 Å². The van der Waals surface area contributed by atoms with Crippen molar-refractivity contribution in [2.45, 2.75) is 6.23 Å². The van der Waals surface area contributed by atoms with Gasteiger partial charge < -0.3 is 19.9 Å². The molecule has 32 heavy (non-hydrogen) atoms. The van der Waals surface area contributed by atoms with Crippen LogP contribution in [0.3, 0.4) is 0 Å². The van der Waals surface area contributed by atoms with Gasteiger partial charge in [0.05, 0.1) is 10.5 Å². The largest absolute Gasteiger partial charge is 0.466 e. The number of amides is 1. The number of ether oxygens (including phenoxy) is 1. The quantitative estimate of drug-likeness (QED) is 0.501. The predicted molar refractivity (Wildman–Crippen MR) is 121 cm³/mol. The summed E-state index contributed by atoms with van der Waals surface area (Å²) in [6.07, 6.45) is -0.778. The lowest BCUT2D eigenvalue weighted by Gasteiger charge is -2.37. The number of rotatable bonds is 4. The molecule has 2 aliphatic rings. The molecule has 5 rings (SSSR count). The number of carbonyl (C=O) groups is 1. The van der Waals surface area contributed by atoms with E-state index < -0.39 is 6.23 Å². The Bertz CT molecular complexity index is 1160. The molecule has 0 spiro atoms. The van der Waals surface area contributed by atoms with Crippen LogP contribution in [0, 0.1) is 10.1 Å². The van der Waals surface area contributed by atoms with Gasteiger partial charge in [-0.1, -0.05) is 36.4 Å². The van der Waals surface area contributed by atoms with Gasteiger partial charge >= 0.3 is 0 Å². The molecule has 1 atom stereocenters. The van der Waals surface area contributed by atoms with Crippen LogP contribution < -0.4 is 19.9 Å². The summed E-state index contributed by atoms with van der Waals surface area (Å²) >= 11 is 0. The van der Waals surface area contributed by atoms with Crippen LogP contribution in [0.4, 0.5) is 17.1 Å². The number of para-hydroxylation sites is 2. The molecule has 2 heterocycles. The predicted octanol–water partition coefficient (Wildman–Crippen LogP) is 3.74. The van der Waals surface area contributed by atoms with Crippen molar-refractivity contribution in [2.75, 3.05) is 36.0 Å². The molecular formula is C24H22N4O4. The van der Waals surface area contributed by atoms with E-state index in [0.717, 1.165) is 18.8 Å². The van der Waals surface area contributed by atoms with E-state index in [1.165, 1.54) is 6.07 Å². The number of hydrogen-bond acceptors (Lipinski definition) is 6. The third kappa shape index (κ3) is 3.71. The molecule has 1 fully saturated rings. The second kappa shape index (κ2) is 8.22. The Hall–Kier alpha value is -4.07. The number of nitro benzene ring substituents is 1. The van der Waals surface area contributed by atoms with Crippen molar-refractivity contribution in [1.29, 1.82) is 0 Å². The lowest BCUT2D eigenvalue weighted by Crippen LogP contribution is -2.46. The van der Waals surface area contributed by atoms with E-state index in [1.54, 1.807) is 36.4 Å². The summed E-state index contributed by atoms with van der Waals surface area (Å²) in [5, 5.41) is 14.7. The van der Waals surface area contributed by atoms with Crippen LogP contribution in [0.25, 0.3) is 0 Å². The molecule has 0 bridgehead atoms.